The van der Waals surface area contributed by atoms with Crippen LogP contribution in [0, 0.1) is 0 Å². The summed E-state index contributed by atoms with van der Waals surface area (Å²) in [5, 5.41) is 0. The van der Waals surface area contributed by atoms with Crippen LogP contribution in [0.25, 0.3) is 0 Å². The van der Waals surface area contributed by atoms with Gasteiger partial charge in [-0.2, -0.15) is 0 Å². The molecule has 0 aromatic rings. The van der Waals surface area contributed by atoms with Gasteiger partial charge in [-0.1, -0.05) is 6.58 Å². The van der Waals surface area contributed by atoms with E-state index in [1.807, 2.05) is 11.9 Å². The highest BCUT2D eigenvalue weighted by atomic mass is 16.5. The SMILES string of the molecule is C=CC(=O)N1CCC(N(C)C(=O)CC[C@H]2CCCO2)CC1. The molecule has 5 nitrogen and oxygen atoms in total. The molecule has 0 N–H and O–H groups in total. The van der Waals surface area contributed by atoms with Gasteiger partial charge in [-0.3, -0.25) is 9.59 Å². The highest BCUT2D eigenvalue weighted by Gasteiger charge is 2.27. The maximum absolute atomic E-state index is 12.2. The Morgan fingerprint density at radius 3 is 2.62 bits per heavy atom. The lowest BCUT2D eigenvalue weighted by Gasteiger charge is -2.36. The summed E-state index contributed by atoms with van der Waals surface area (Å²) in [5.41, 5.74) is 0. The fourth-order valence-electron chi connectivity index (χ4n) is 3.14. The summed E-state index contributed by atoms with van der Waals surface area (Å²) >= 11 is 0. The van der Waals surface area contributed by atoms with E-state index < -0.39 is 0 Å². The van der Waals surface area contributed by atoms with Crippen molar-refractivity contribution >= 4 is 11.8 Å². The smallest absolute Gasteiger partial charge is 0.245 e. The summed E-state index contributed by atoms with van der Waals surface area (Å²) < 4.78 is 5.56. The second-order valence-corrected chi connectivity index (χ2v) is 5.94. The molecule has 2 aliphatic rings. The average molecular weight is 294 g/mol. The third-order valence-electron chi connectivity index (χ3n) is 4.60. The van der Waals surface area contributed by atoms with Crippen LogP contribution in [-0.2, 0) is 14.3 Å². The molecule has 2 aliphatic heterocycles. The molecule has 0 bridgehead atoms. The summed E-state index contributed by atoms with van der Waals surface area (Å²) in [6.07, 6.45) is 6.92. The minimum Gasteiger partial charge on any atom is -0.378 e. The quantitative estimate of drug-likeness (QED) is 0.723. The molecule has 2 heterocycles. The first kappa shape index (κ1) is 16.0. The third-order valence-corrected chi connectivity index (χ3v) is 4.60. The number of carbonyl (C=O) groups excluding carboxylic acids is 2. The van der Waals surface area contributed by atoms with Crippen LogP contribution >= 0.6 is 0 Å². The Hall–Kier alpha value is -1.36. The summed E-state index contributed by atoms with van der Waals surface area (Å²) in [7, 11) is 1.88. The van der Waals surface area contributed by atoms with Crippen LogP contribution < -0.4 is 0 Å². The van der Waals surface area contributed by atoms with Crippen molar-refractivity contribution in [2.75, 3.05) is 26.7 Å². The van der Waals surface area contributed by atoms with E-state index in [4.69, 9.17) is 4.74 Å². The van der Waals surface area contributed by atoms with Gasteiger partial charge in [-0.15, -0.1) is 0 Å². The highest BCUT2D eigenvalue weighted by Crippen LogP contribution is 2.20. The van der Waals surface area contributed by atoms with Crippen molar-refractivity contribution < 1.29 is 14.3 Å². The number of rotatable bonds is 5. The van der Waals surface area contributed by atoms with Gasteiger partial charge >= 0.3 is 0 Å². The van der Waals surface area contributed by atoms with Gasteiger partial charge in [-0.05, 0) is 38.2 Å². The zero-order valence-corrected chi connectivity index (χ0v) is 12.9. The molecule has 21 heavy (non-hydrogen) atoms. The van der Waals surface area contributed by atoms with Gasteiger partial charge in [0.25, 0.3) is 0 Å². The molecule has 0 spiro atoms. The molecule has 2 rings (SSSR count). The molecule has 1 atom stereocenters. The fourth-order valence-corrected chi connectivity index (χ4v) is 3.14. The molecule has 0 saturated carbocycles. The Kier molecular flexibility index (Phi) is 5.79. The minimum absolute atomic E-state index is 0.0131. The first-order valence-electron chi connectivity index (χ1n) is 7.90. The van der Waals surface area contributed by atoms with Crippen molar-refractivity contribution in [2.24, 2.45) is 0 Å². The lowest BCUT2D eigenvalue weighted by atomic mass is 10.0. The Morgan fingerprint density at radius 1 is 1.33 bits per heavy atom. The van der Waals surface area contributed by atoms with E-state index >= 15 is 0 Å². The third kappa shape index (κ3) is 4.30. The zero-order valence-electron chi connectivity index (χ0n) is 12.9. The Balaban J connectivity index is 1.72. The maximum Gasteiger partial charge on any atom is 0.245 e. The van der Waals surface area contributed by atoms with Crippen LogP contribution in [0.15, 0.2) is 12.7 Å². The summed E-state index contributed by atoms with van der Waals surface area (Å²) in [6.45, 7) is 5.76. The average Bonchev–Trinajstić information content (AvgIpc) is 3.04. The number of amides is 2. The van der Waals surface area contributed by atoms with Crippen molar-refractivity contribution in [3.63, 3.8) is 0 Å². The first-order chi connectivity index (χ1) is 10.1. The predicted octanol–water partition coefficient (Wildman–Crippen LogP) is 1.58. The van der Waals surface area contributed by atoms with Crippen molar-refractivity contribution in [3.05, 3.63) is 12.7 Å². The Morgan fingerprint density at radius 2 is 2.05 bits per heavy atom. The highest BCUT2D eigenvalue weighted by molar-refractivity contribution is 5.87. The van der Waals surface area contributed by atoms with Crippen molar-refractivity contribution in [1.82, 2.24) is 9.80 Å². The van der Waals surface area contributed by atoms with Crippen LogP contribution in [0.4, 0.5) is 0 Å². The van der Waals surface area contributed by atoms with Gasteiger partial charge in [0.2, 0.25) is 11.8 Å². The van der Waals surface area contributed by atoms with Gasteiger partial charge in [0, 0.05) is 39.2 Å². The predicted molar refractivity (Wildman–Crippen MR) is 80.8 cm³/mol. The second kappa shape index (κ2) is 7.59. The van der Waals surface area contributed by atoms with E-state index in [0.717, 1.165) is 38.7 Å². The molecular weight excluding hydrogens is 268 g/mol. The van der Waals surface area contributed by atoms with Crippen molar-refractivity contribution in [3.8, 4) is 0 Å². The molecule has 2 saturated heterocycles. The zero-order chi connectivity index (χ0) is 15.2. The summed E-state index contributed by atoms with van der Waals surface area (Å²) in [6, 6.07) is 0.246. The number of nitrogens with zero attached hydrogens (tertiary/aromatic N) is 2. The Labute approximate surface area is 126 Å². The normalized spacial score (nSPS) is 23.1. The van der Waals surface area contributed by atoms with E-state index in [0.29, 0.717) is 19.5 Å². The number of carbonyl (C=O) groups is 2. The van der Waals surface area contributed by atoms with E-state index in [-0.39, 0.29) is 24.0 Å². The van der Waals surface area contributed by atoms with Crippen LogP contribution in [0.3, 0.4) is 0 Å². The molecule has 0 unspecified atom stereocenters. The van der Waals surface area contributed by atoms with Gasteiger partial charge in [0.15, 0.2) is 0 Å². The molecule has 0 radical (unpaired) electrons. The molecule has 5 heteroatoms. The lowest BCUT2D eigenvalue weighted by Crippen LogP contribution is -2.47. The molecule has 0 aliphatic carbocycles. The minimum atomic E-state index is -0.0131. The first-order valence-corrected chi connectivity index (χ1v) is 7.90. The number of hydrogen-bond donors (Lipinski definition) is 0. The molecule has 118 valence electrons. The maximum atomic E-state index is 12.2. The van der Waals surface area contributed by atoms with Gasteiger partial charge < -0.3 is 14.5 Å². The number of ether oxygens (including phenoxy) is 1. The molecular formula is C16H26N2O3. The summed E-state index contributed by atoms with van der Waals surface area (Å²) in [4.78, 5) is 27.4. The van der Waals surface area contributed by atoms with Crippen LogP contribution in [0.2, 0.25) is 0 Å². The number of likely N-dealkylation sites (tertiary alicyclic amines) is 1. The standard InChI is InChI=1S/C16H26N2O3/c1-3-15(19)18-10-8-13(9-11-18)17(2)16(20)7-6-14-5-4-12-21-14/h3,13-14H,1,4-12H2,2H3/t14-/m1/s1. The van der Waals surface area contributed by atoms with Crippen molar-refractivity contribution in [2.45, 2.75) is 50.7 Å². The molecule has 0 aromatic carbocycles. The topological polar surface area (TPSA) is 49.9 Å². The molecule has 2 fully saturated rings. The van der Waals surface area contributed by atoms with E-state index in [2.05, 4.69) is 6.58 Å². The van der Waals surface area contributed by atoms with Gasteiger partial charge in [0.05, 0.1) is 6.10 Å². The Bertz CT molecular complexity index is 383. The second-order valence-electron chi connectivity index (χ2n) is 5.94. The van der Waals surface area contributed by atoms with Gasteiger partial charge in [0.1, 0.15) is 0 Å². The van der Waals surface area contributed by atoms with E-state index in [1.54, 1.807) is 4.90 Å². The van der Waals surface area contributed by atoms with E-state index in [9.17, 15) is 9.59 Å². The fraction of sp³-hybridized carbons (Fsp3) is 0.750. The van der Waals surface area contributed by atoms with Gasteiger partial charge in [-0.25, -0.2) is 0 Å². The number of piperidine rings is 1. The molecule has 2 amide bonds. The van der Waals surface area contributed by atoms with Crippen molar-refractivity contribution in [1.29, 1.82) is 0 Å². The largest absolute Gasteiger partial charge is 0.378 e. The monoisotopic (exact) mass is 294 g/mol. The van der Waals surface area contributed by atoms with Crippen LogP contribution in [0.5, 0.6) is 0 Å². The van der Waals surface area contributed by atoms with Crippen LogP contribution in [-0.4, -0.2) is 60.5 Å². The summed E-state index contributed by atoms with van der Waals surface area (Å²) in [5.74, 6) is 0.180. The lowest BCUT2D eigenvalue weighted by molar-refractivity contribution is -0.134. The number of hydrogen-bond acceptors (Lipinski definition) is 3. The van der Waals surface area contributed by atoms with Crippen LogP contribution in [0.1, 0.15) is 38.5 Å². The van der Waals surface area contributed by atoms with E-state index in [1.165, 1.54) is 6.08 Å². The molecule has 0 aromatic heterocycles.